The van der Waals surface area contributed by atoms with Gasteiger partial charge in [0.25, 0.3) is 0 Å². The minimum atomic E-state index is -0.209. The molecule has 20 heavy (non-hydrogen) atoms. The van der Waals surface area contributed by atoms with E-state index in [2.05, 4.69) is 5.32 Å². The zero-order chi connectivity index (χ0) is 14.5. The summed E-state index contributed by atoms with van der Waals surface area (Å²) in [5.74, 6) is 0. The normalized spacial score (nSPS) is 9.85. The van der Waals surface area contributed by atoms with Gasteiger partial charge in [0.05, 0.1) is 0 Å². The van der Waals surface area contributed by atoms with Crippen molar-refractivity contribution in [3.63, 3.8) is 0 Å². The van der Waals surface area contributed by atoms with E-state index in [4.69, 9.17) is 18.0 Å². The summed E-state index contributed by atoms with van der Waals surface area (Å²) in [5.41, 5.74) is 7.84. The molecular formula is C15H15N3OS. The third-order valence-electron chi connectivity index (χ3n) is 2.87. The molecule has 0 bridgehead atoms. The summed E-state index contributed by atoms with van der Waals surface area (Å²) in [6, 6.07) is 16.3. The summed E-state index contributed by atoms with van der Waals surface area (Å²) in [5, 5.41) is 2.81. The summed E-state index contributed by atoms with van der Waals surface area (Å²) in [6.07, 6.45) is 0. The largest absolute Gasteiger partial charge is 0.389 e. The second kappa shape index (κ2) is 6.16. The monoisotopic (exact) mass is 285 g/mol. The summed E-state index contributed by atoms with van der Waals surface area (Å²) < 4.78 is 0. The molecule has 0 spiro atoms. The lowest BCUT2D eigenvalue weighted by atomic mass is 10.2. The van der Waals surface area contributed by atoms with Gasteiger partial charge in [-0.25, -0.2) is 4.79 Å². The molecule has 0 heterocycles. The average Bonchev–Trinajstić information content (AvgIpc) is 2.47. The molecule has 2 aromatic rings. The molecule has 0 fully saturated rings. The summed E-state index contributed by atoms with van der Waals surface area (Å²) in [4.78, 5) is 14.0. The first-order chi connectivity index (χ1) is 9.58. The van der Waals surface area contributed by atoms with Crippen LogP contribution in [-0.2, 0) is 0 Å². The predicted molar refractivity (Wildman–Crippen MR) is 86.2 cm³/mol. The van der Waals surface area contributed by atoms with Crippen LogP contribution in [0.15, 0.2) is 54.6 Å². The number of hydrogen-bond acceptors (Lipinski definition) is 2. The Morgan fingerprint density at radius 1 is 1.10 bits per heavy atom. The standard InChI is InChI=1S/C15H15N3OS/c1-18(13-9-7-11(8-10-13)14(16)20)15(19)17-12-5-3-2-4-6-12/h2-10H,1H3,(H2,16,20)(H,17,19). The van der Waals surface area contributed by atoms with Crippen molar-refractivity contribution in [1.82, 2.24) is 0 Å². The molecule has 3 N–H and O–H groups in total. The number of nitrogens with two attached hydrogens (primary N) is 1. The number of benzene rings is 2. The van der Waals surface area contributed by atoms with Crippen LogP contribution in [0.2, 0.25) is 0 Å². The highest BCUT2D eigenvalue weighted by molar-refractivity contribution is 7.80. The van der Waals surface area contributed by atoms with Gasteiger partial charge in [0.1, 0.15) is 4.99 Å². The van der Waals surface area contributed by atoms with Gasteiger partial charge in [0.15, 0.2) is 0 Å². The Bertz CT molecular complexity index is 611. The van der Waals surface area contributed by atoms with Gasteiger partial charge in [0.2, 0.25) is 0 Å². The first-order valence-corrected chi connectivity index (χ1v) is 6.48. The number of amides is 2. The number of anilines is 2. The third-order valence-corrected chi connectivity index (χ3v) is 3.10. The van der Waals surface area contributed by atoms with Crippen molar-refractivity contribution in [3.8, 4) is 0 Å². The van der Waals surface area contributed by atoms with Crippen molar-refractivity contribution in [3.05, 3.63) is 60.2 Å². The molecule has 0 aromatic heterocycles. The van der Waals surface area contributed by atoms with Crippen LogP contribution in [-0.4, -0.2) is 18.1 Å². The van der Waals surface area contributed by atoms with E-state index >= 15 is 0 Å². The topological polar surface area (TPSA) is 58.4 Å². The van der Waals surface area contributed by atoms with Crippen LogP contribution in [0.3, 0.4) is 0 Å². The van der Waals surface area contributed by atoms with Crippen molar-refractivity contribution < 1.29 is 4.79 Å². The molecule has 0 aliphatic heterocycles. The van der Waals surface area contributed by atoms with E-state index < -0.39 is 0 Å². The zero-order valence-electron chi connectivity index (χ0n) is 11.0. The minimum Gasteiger partial charge on any atom is -0.389 e. The number of nitrogens with one attached hydrogen (secondary N) is 1. The fourth-order valence-electron chi connectivity index (χ4n) is 1.70. The van der Waals surface area contributed by atoms with E-state index in [1.54, 1.807) is 31.3 Å². The molecule has 2 amide bonds. The molecule has 0 aliphatic carbocycles. The van der Waals surface area contributed by atoms with Gasteiger partial charge in [-0.1, -0.05) is 30.4 Å². The quantitative estimate of drug-likeness (QED) is 0.852. The van der Waals surface area contributed by atoms with Gasteiger partial charge in [0, 0.05) is 24.0 Å². The number of urea groups is 1. The number of nitrogens with zero attached hydrogens (tertiary/aromatic N) is 1. The smallest absolute Gasteiger partial charge is 0.326 e. The van der Waals surface area contributed by atoms with Crippen molar-refractivity contribution in [2.24, 2.45) is 5.73 Å². The maximum atomic E-state index is 12.1. The predicted octanol–water partition coefficient (Wildman–Crippen LogP) is 2.99. The van der Waals surface area contributed by atoms with Crippen LogP contribution in [0.25, 0.3) is 0 Å². The van der Waals surface area contributed by atoms with E-state index in [9.17, 15) is 4.79 Å². The van der Waals surface area contributed by atoms with Crippen molar-refractivity contribution in [1.29, 1.82) is 0 Å². The lowest BCUT2D eigenvalue weighted by Gasteiger charge is -2.18. The van der Waals surface area contributed by atoms with Crippen LogP contribution in [0, 0.1) is 0 Å². The fourth-order valence-corrected chi connectivity index (χ4v) is 1.83. The minimum absolute atomic E-state index is 0.209. The fraction of sp³-hybridized carbons (Fsp3) is 0.0667. The van der Waals surface area contributed by atoms with E-state index in [1.807, 2.05) is 30.3 Å². The van der Waals surface area contributed by atoms with Gasteiger partial charge in [-0.3, -0.25) is 4.90 Å². The Kier molecular flexibility index (Phi) is 4.32. The number of rotatable bonds is 3. The number of thiocarbonyl (C=S) groups is 1. The first kappa shape index (κ1) is 14.0. The molecule has 2 rings (SSSR count). The Morgan fingerprint density at radius 3 is 2.25 bits per heavy atom. The lowest BCUT2D eigenvalue weighted by Crippen LogP contribution is -2.31. The Balaban J connectivity index is 2.08. The maximum Gasteiger partial charge on any atom is 0.326 e. The van der Waals surface area contributed by atoms with Gasteiger partial charge in [-0.15, -0.1) is 0 Å². The van der Waals surface area contributed by atoms with Crippen LogP contribution >= 0.6 is 12.2 Å². The summed E-state index contributed by atoms with van der Waals surface area (Å²) in [6.45, 7) is 0. The van der Waals surface area contributed by atoms with Gasteiger partial charge >= 0.3 is 6.03 Å². The van der Waals surface area contributed by atoms with E-state index in [0.717, 1.165) is 16.9 Å². The van der Waals surface area contributed by atoms with Gasteiger partial charge in [-0.05, 0) is 36.4 Å². The average molecular weight is 285 g/mol. The highest BCUT2D eigenvalue weighted by atomic mass is 32.1. The van der Waals surface area contributed by atoms with Crippen molar-refractivity contribution in [2.45, 2.75) is 0 Å². The van der Waals surface area contributed by atoms with Gasteiger partial charge in [-0.2, -0.15) is 0 Å². The Labute approximate surface area is 123 Å². The van der Waals surface area contributed by atoms with Crippen LogP contribution in [0.4, 0.5) is 16.2 Å². The molecule has 2 aromatic carbocycles. The second-order valence-corrected chi connectivity index (χ2v) is 4.71. The molecule has 0 atom stereocenters. The maximum absolute atomic E-state index is 12.1. The number of hydrogen-bond donors (Lipinski definition) is 2. The Hall–Kier alpha value is -2.40. The zero-order valence-corrected chi connectivity index (χ0v) is 11.9. The molecule has 0 unspecified atom stereocenters. The second-order valence-electron chi connectivity index (χ2n) is 4.27. The molecule has 0 saturated carbocycles. The highest BCUT2D eigenvalue weighted by Crippen LogP contribution is 2.15. The molecule has 0 aliphatic rings. The molecule has 0 radical (unpaired) electrons. The lowest BCUT2D eigenvalue weighted by molar-refractivity contribution is 0.258. The molecular weight excluding hydrogens is 270 g/mol. The molecule has 0 saturated heterocycles. The number of carbonyl (C=O) groups is 1. The van der Waals surface area contributed by atoms with Crippen LogP contribution in [0.1, 0.15) is 5.56 Å². The number of para-hydroxylation sites is 1. The summed E-state index contributed by atoms with van der Waals surface area (Å²) in [7, 11) is 1.70. The van der Waals surface area contributed by atoms with E-state index in [1.165, 1.54) is 4.90 Å². The van der Waals surface area contributed by atoms with Crippen LogP contribution in [0.5, 0.6) is 0 Å². The highest BCUT2D eigenvalue weighted by Gasteiger charge is 2.10. The van der Waals surface area contributed by atoms with E-state index in [-0.39, 0.29) is 6.03 Å². The van der Waals surface area contributed by atoms with Crippen molar-refractivity contribution >= 4 is 34.6 Å². The summed E-state index contributed by atoms with van der Waals surface area (Å²) >= 11 is 4.89. The molecule has 4 nitrogen and oxygen atoms in total. The molecule has 5 heteroatoms. The van der Waals surface area contributed by atoms with Crippen molar-refractivity contribution in [2.75, 3.05) is 17.3 Å². The Morgan fingerprint density at radius 2 is 1.70 bits per heavy atom. The first-order valence-electron chi connectivity index (χ1n) is 6.07. The van der Waals surface area contributed by atoms with E-state index in [0.29, 0.717) is 4.99 Å². The molecule has 102 valence electrons. The van der Waals surface area contributed by atoms with Gasteiger partial charge < -0.3 is 11.1 Å². The third kappa shape index (κ3) is 3.33. The SMILES string of the molecule is CN(C(=O)Nc1ccccc1)c1ccc(C(N)=S)cc1. The van der Waals surface area contributed by atoms with Crippen LogP contribution < -0.4 is 16.0 Å². The number of carbonyl (C=O) groups excluding carboxylic acids is 1.